The van der Waals surface area contributed by atoms with Crippen LogP contribution in [0.3, 0.4) is 0 Å². The number of amides is 2. The van der Waals surface area contributed by atoms with Gasteiger partial charge in [0.2, 0.25) is 5.91 Å². The summed E-state index contributed by atoms with van der Waals surface area (Å²) >= 11 is 0. The molecule has 0 spiro atoms. The summed E-state index contributed by atoms with van der Waals surface area (Å²) in [6, 6.07) is 0. The molecule has 0 radical (unpaired) electrons. The smallest absolute Gasteiger partial charge is 0.410 e. The number of allylic oxidation sites excluding steroid dienone is 9. The molecule has 1 aliphatic rings. The normalized spacial score (nSPS) is 16.3. The number of hydrogen-bond donors (Lipinski definition) is 1. The Morgan fingerprint density at radius 2 is 1.62 bits per heavy atom. The van der Waals surface area contributed by atoms with Gasteiger partial charge in [0.05, 0.1) is 0 Å². The fraction of sp³-hybridized carbons (Fsp3) is 0.564. The maximum atomic E-state index is 13.0. The summed E-state index contributed by atoms with van der Waals surface area (Å²) in [6.45, 7) is 34.1. The second-order valence-corrected chi connectivity index (χ2v) is 14.2. The lowest BCUT2D eigenvalue weighted by molar-refractivity contribution is -0.114. The van der Waals surface area contributed by atoms with Gasteiger partial charge in [-0.25, -0.2) is 4.79 Å². The Bertz CT molecular complexity index is 1280. The van der Waals surface area contributed by atoms with Gasteiger partial charge in [-0.05, 0) is 109 Å². The quantitative estimate of drug-likeness (QED) is 0.0761. The monoisotopic (exact) mass is 619 g/mol. The number of nitrogens with zero attached hydrogens (tertiary/aromatic N) is 2. The largest absolute Gasteiger partial charge is 0.444 e. The highest BCUT2D eigenvalue weighted by atomic mass is 16.6. The van der Waals surface area contributed by atoms with Gasteiger partial charge < -0.3 is 15.4 Å². The molecular formula is C39H61N3O3. The highest BCUT2D eigenvalue weighted by molar-refractivity contribution is 6.03. The lowest BCUT2D eigenvalue weighted by Gasteiger charge is -2.29. The Kier molecular flexibility index (Phi) is 15.8. The van der Waals surface area contributed by atoms with Crippen molar-refractivity contribution in [1.82, 2.24) is 4.90 Å². The molecule has 0 aromatic rings. The van der Waals surface area contributed by atoms with Crippen LogP contribution < -0.4 is 5.73 Å². The average molecular weight is 620 g/mol. The van der Waals surface area contributed by atoms with Gasteiger partial charge in [0.1, 0.15) is 5.60 Å². The zero-order chi connectivity index (χ0) is 34.6. The number of ether oxygens (including phenoxy) is 1. The highest BCUT2D eigenvalue weighted by Gasteiger charge is 2.31. The molecule has 0 aliphatic heterocycles. The minimum Gasteiger partial charge on any atom is -0.444 e. The van der Waals surface area contributed by atoms with E-state index in [0.29, 0.717) is 49.8 Å². The number of aliphatic imine (C=N–C) groups is 1. The fourth-order valence-corrected chi connectivity index (χ4v) is 4.98. The molecule has 0 aromatic carbocycles. The van der Waals surface area contributed by atoms with Gasteiger partial charge in [0, 0.05) is 37.0 Å². The maximum absolute atomic E-state index is 13.0. The third-order valence-electron chi connectivity index (χ3n) is 7.72. The summed E-state index contributed by atoms with van der Waals surface area (Å²) in [7, 11) is 1.83. The van der Waals surface area contributed by atoms with Crippen LogP contribution in [0, 0.1) is 17.8 Å². The van der Waals surface area contributed by atoms with Crippen LogP contribution in [0.1, 0.15) is 101 Å². The van der Waals surface area contributed by atoms with Gasteiger partial charge in [-0.1, -0.05) is 81.0 Å². The number of nitrogens with two attached hydrogens (primary N) is 1. The molecule has 45 heavy (non-hydrogen) atoms. The van der Waals surface area contributed by atoms with Crippen molar-refractivity contribution in [1.29, 1.82) is 0 Å². The summed E-state index contributed by atoms with van der Waals surface area (Å²) < 4.78 is 5.69. The first kappa shape index (κ1) is 39.6. The van der Waals surface area contributed by atoms with Gasteiger partial charge in [-0.3, -0.25) is 9.79 Å². The lowest BCUT2D eigenvalue weighted by atomic mass is 9.84. The first-order valence-electron chi connectivity index (χ1n) is 16.3. The summed E-state index contributed by atoms with van der Waals surface area (Å²) in [5, 5.41) is 0. The molecule has 1 rings (SSSR count). The van der Waals surface area contributed by atoms with E-state index in [1.54, 1.807) is 4.90 Å². The van der Waals surface area contributed by atoms with Gasteiger partial charge in [0.15, 0.2) is 0 Å². The lowest BCUT2D eigenvalue weighted by Crippen LogP contribution is -2.39. The number of hydrogen-bond acceptors (Lipinski definition) is 4. The Labute approximate surface area is 274 Å². The summed E-state index contributed by atoms with van der Waals surface area (Å²) in [6.07, 6.45) is 9.94. The van der Waals surface area contributed by atoms with E-state index in [1.807, 2.05) is 53.8 Å². The minimum atomic E-state index is -0.549. The van der Waals surface area contributed by atoms with Gasteiger partial charge in [0.25, 0.3) is 0 Å². The van der Waals surface area contributed by atoms with Crippen molar-refractivity contribution >= 4 is 17.7 Å². The van der Waals surface area contributed by atoms with E-state index < -0.39 is 11.5 Å². The molecule has 2 N–H and O–H groups in total. The Morgan fingerprint density at radius 1 is 1.02 bits per heavy atom. The molecule has 1 aliphatic carbocycles. The Hall–Kier alpha value is -3.41. The summed E-state index contributed by atoms with van der Waals surface area (Å²) in [4.78, 5) is 31.4. The van der Waals surface area contributed by atoms with E-state index in [9.17, 15) is 9.59 Å². The number of rotatable bonds is 17. The second-order valence-electron chi connectivity index (χ2n) is 14.2. The fourth-order valence-electron chi connectivity index (χ4n) is 4.98. The summed E-state index contributed by atoms with van der Waals surface area (Å²) in [5.74, 6) is 0.488. The van der Waals surface area contributed by atoms with Crippen molar-refractivity contribution < 1.29 is 14.3 Å². The van der Waals surface area contributed by atoms with Crippen molar-refractivity contribution in [2.24, 2.45) is 28.5 Å². The first-order chi connectivity index (χ1) is 20.8. The van der Waals surface area contributed by atoms with Crippen LogP contribution >= 0.6 is 0 Å². The van der Waals surface area contributed by atoms with Crippen molar-refractivity contribution in [3.63, 3.8) is 0 Å². The number of primary amides is 1. The van der Waals surface area contributed by atoms with Crippen LogP contribution in [-0.4, -0.2) is 48.4 Å². The van der Waals surface area contributed by atoms with Crippen LogP contribution in [0.4, 0.5) is 4.79 Å². The molecule has 0 saturated heterocycles. The van der Waals surface area contributed by atoms with Crippen LogP contribution in [0.15, 0.2) is 87.5 Å². The maximum Gasteiger partial charge on any atom is 0.410 e. The highest BCUT2D eigenvalue weighted by Crippen LogP contribution is 2.44. The van der Waals surface area contributed by atoms with E-state index in [-0.39, 0.29) is 12.0 Å². The number of carbonyl (C=O) groups excluding carboxylic acids is 2. The standard InChI is InChI=1S/C39H61N3O3/c1-25(2)21-33(37(40)43)16-15-29(8)30(9)23-35(32-17-18-32)36(31(10)41-14)34(27(5)6)22-28(7)19-20-42(24-26(3)4)38(44)45-39(11,12)13/h15-16,23,26,30,32H,1,5,7,17-22,24H2,2-4,6,8-14H3,(H2,40,43)/b29-15+,33-16+,35-23-,36-34+,41-31-. The molecule has 0 aromatic heterocycles. The van der Waals surface area contributed by atoms with E-state index in [2.05, 4.69) is 65.4 Å². The van der Waals surface area contributed by atoms with E-state index in [0.717, 1.165) is 52.0 Å². The SMILES string of the molecule is C=C(C)C/C(=C\C=C(/C)C(C)\C=C(C(/C(C)=N\C)=C(\CC(=C)CCN(CC(C)C)C(=O)OC(C)(C)C)C(=C)C)\C1CC1)C(N)=O. The van der Waals surface area contributed by atoms with Gasteiger partial charge >= 0.3 is 6.09 Å². The molecule has 1 unspecified atom stereocenters. The molecule has 6 heteroatoms. The topological polar surface area (TPSA) is 85.0 Å². The molecule has 6 nitrogen and oxygen atoms in total. The third kappa shape index (κ3) is 14.5. The molecule has 1 fully saturated rings. The van der Waals surface area contributed by atoms with Crippen molar-refractivity contribution in [3.05, 3.63) is 82.5 Å². The zero-order valence-electron chi connectivity index (χ0n) is 30.2. The van der Waals surface area contributed by atoms with Crippen molar-refractivity contribution in [2.75, 3.05) is 20.1 Å². The average Bonchev–Trinajstić information content (AvgIpc) is 3.75. The van der Waals surface area contributed by atoms with Crippen molar-refractivity contribution in [3.8, 4) is 0 Å². The molecular weight excluding hydrogens is 558 g/mol. The van der Waals surface area contributed by atoms with E-state index >= 15 is 0 Å². The second kappa shape index (κ2) is 17.9. The van der Waals surface area contributed by atoms with E-state index in [4.69, 9.17) is 10.5 Å². The first-order valence-corrected chi connectivity index (χ1v) is 16.3. The minimum absolute atomic E-state index is 0.128. The van der Waals surface area contributed by atoms with Crippen LogP contribution in [0.5, 0.6) is 0 Å². The van der Waals surface area contributed by atoms with Gasteiger partial charge in [-0.15, -0.1) is 0 Å². The van der Waals surface area contributed by atoms with Crippen LogP contribution in [0.25, 0.3) is 0 Å². The van der Waals surface area contributed by atoms with Crippen LogP contribution in [-0.2, 0) is 9.53 Å². The van der Waals surface area contributed by atoms with Crippen molar-refractivity contribution in [2.45, 2.75) is 107 Å². The zero-order valence-corrected chi connectivity index (χ0v) is 30.2. The van der Waals surface area contributed by atoms with Gasteiger partial charge in [-0.2, -0.15) is 0 Å². The van der Waals surface area contributed by atoms with Crippen LogP contribution in [0.2, 0.25) is 0 Å². The molecule has 0 heterocycles. The predicted octanol–water partition coefficient (Wildman–Crippen LogP) is 9.48. The Morgan fingerprint density at radius 3 is 2.07 bits per heavy atom. The Balaban J connectivity index is 3.46. The molecule has 2 amide bonds. The summed E-state index contributed by atoms with van der Waals surface area (Å²) in [5.41, 5.74) is 14.2. The molecule has 250 valence electrons. The molecule has 1 saturated carbocycles. The molecule has 1 atom stereocenters. The third-order valence-corrected chi connectivity index (χ3v) is 7.72. The van der Waals surface area contributed by atoms with E-state index in [1.165, 1.54) is 5.57 Å². The number of carbonyl (C=O) groups is 2. The molecule has 0 bridgehead atoms. The predicted molar refractivity (Wildman–Crippen MR) is 192 cm³/mol.